The summed E-state index contributed by atoms with van der Waals surface area (Å²) in [6, 6.07) is 13.7. The minimum Gasteiger partial charge on any atom is -0.379 e. The van der Waals surface area contributed by atoms with Gasteiger partial charge in [-0.15, -0.1) is 0 Å². The number of rotatable bonds is 8. The summed E-state index contributed by atoms with van der Waals surface area (Å²) in [6.07, 6.45) is 1.12. The molecular weight excluding hydrogens is 414 g/mol. The zero-order valence-electron chi connectivity index (χ0n) is 18.4. The average Bonchev–Trinajstić information content (AvgIpc) is 2.72. The van der Waals surface area contributed by atoms with Gasteiger partial charge in [0, 0.05) is 26.2 Å². The Morgan fingerprint density at radius 1 is 1.03 bits per heavy atom. The molecule has 7 nitrogen and oxygen atoms in total. The number of carbonyl (C=O) groups is 1. The van der Waals surface area contributed by atoms with E-state index in [0.29, 0.717) is 12.2 Å². The highest BCUT2D eigenvalue weighted by Gasteiger charge is 2.23. The Morgan fingerprint density at radius 3 is 2.19 bits per heavy atom. The number of benzene rings is 2. The summed E-state index contributed by atoms with van der Waals surface area (Å²) in [4.78, 5) is 14.9. The standard InChI is InChI=1S/C23H31N3O4S/c1-18-5-4-6-19(2)23(18)26(31(3,28)29)17-22(27)24-15-20-7-9-21(10-8-20)16-25-11-13-30-14-12-25/h4-10H,11-17H2,1-3H3,(H,24,27). The lowest BCUT2D eigenvalue weighted by Crippen LogP contribution is -2.40. The van der Waals surface area contributed by atoms with Crippen LogP contribution in [0.3, 0.4) is 0 Å². The molecule has 3 rings (SSSR count). The summed E-state index contributed by atoms with van der Waals surface area (Å²) in [5.74, 6) is -0.342. The Bertz CT molecular complexity index is 980. The van der Waals surface area contributed by atoms with Crippen LogP contribution in [-0.4, -0.2) is 58.3 Å². The van der Waals surface area contributed by atoms with Gasteiger partial charge in [-0.25, -0.2) is 8.42 Å². The zero-order chi connectivity index (χ0) is 22.4. The van der Waals surface area contributed by atoms with E-state index in [1.54, 1.807) is 0 Å². The van der Waals surface area contributed by atoms with E-state index in [-0.39, 0.29) is 12.5 Å². The number of para-hydroxylation sites is 1. The van der Waals surface area contributed by atoms with Crippen molar-refractivity contribution in [2.24, 2.45) is 0 Å². The van der Waals surface area contributed by atoms with Crippen LogP contribution in [0, 0.1) is 13.8 Å². The maximum Gasteiger partial charge on any atom is 0.241 e. The van der Waals surface area contributed by atoms with Gasteiger partial charge in [0.1, 0.15) is 6.54 Å². The largest absolute Gasteiger partial charge is 0.379 e. The van der Waals surface area contributed by atoms with Crippen molar-refractivity contribution < 1.29 is 17.9 Å². The van der Waals surface area contributed by atoms with E-state index in [0.717, 1.165) is 55.8 Å². The van der Waals surface area contributed by atoms with E-state index in [1.807, 2.05) is 44.2 Å². The molecular formula is C23H31N3O4S. The first-order valence-corrected chi connectivity index (χ1v) is 12.3. The predicted octanol–water partition coefficient (Wildman–Crippen LogP) is 2.22. The van der Waals surface area contributed by atoms with Crippen LogP contribution in [0.25, 0.3) is 0 Å². The molecule has 0 unspecified atom stereocenters. The molecule has 8 heteroatoms. The fraction of sp³-hybridized carbons (Fsp3) is 0.435. The van der Waals surface area contributed by atoms with Crippen molar-refractivity contribution in [3.05, 3.63) is 64.7 Å². The monoisotopic (exact) mass is 445 g/mol. The number of hydrogen-bond acceptors (Lipinski definition) is 5. The summed E-state index contributed by atoms with van der Waals surface area (Å²) in [6.45, 7) is 8.10. The van der Waals surface area contributed by atoms with Crippen LogP contribution in [-0.2, 0) is 32.6 Å². The van der Waals surface area contributed by atoms with E-state index in [1.165, 1.54) is 9.87 Å². The zero-order valence-corrected chi connectivity index (χ0v) is 19.2. The third-order valence-electron chi connectivity index (χ3n) is 5.40. The van der Waals surface area contributed by atoms with Crippen LogP contribution in [0.5, 0.6) is 0 Å². The fourth-order valence-corrected chi connectivity index (χ4v) is 4.70. The van der Waals surface area contributed by atoms with Crippen LogP contribution in [0.4, 0.5) is 5.69 Å². The molecule has 0 bridgehead atoms. The van der Waals surface area contributed by atoms with Crippen molar-refractivity contribution in [2.75, 3.05) is 43.4 Å². The molecule has 2 aromatic rings. The van der Waals surface area contributed by atoms with E-state index >= 15 is 0 Å². The molecule has 1 N–H and O–H groups in total. The van der Waals surface area contributed by atoms with Crippen LogP contribution in [0.15, 0.2) is 42.5 Å². The molecule has 0 spiro atoms. The van der Waals surface area contributed by atoms with Crippen molar-refractivity contribution in [1.29, 1.82) is 0 Å². The Morgan fingerprint density at radius 2 is 1.61 bits per heavy atom. The number of amides is 1. The molecule has 1 aliphatic rings. The number of morpholine rings is 1. The summed E-state index contributed by atoms with van der Waals surface area (Å²) < 4.78 is 31.3. The quantitative estimate of drug-likeness (QED) is 0.674. The van der Waals surface area contributed by atoms with Gasteiger partial charge < -0.3 is 10.1 Å². The number of anilines is 1. The topological polar surface area (TPSA) is 79.0 Å². The number of ether oxygens (including phenoxy) is 1. The maximum atomic E-state index is 12.6. The van der Waals surface area contributed by atoms with Crippen LogP contribution in [0.2, 0.25) is 0 Å². The third kappa shape index (κ3) is 6.53. The van der Waals surface area contributed by atoms with Gasteiger partial charge in [-0.2, -0.15) is 0 Å². The molecule has 0 radical (unpaired) electrons. The number of carbonyl (C=O) groups excluding carboxylic acids is 1. The smallest absolute Gasteiger partial charge is 0.241 e. The van der Waals surface area contributed by atoms with Crippen molar-refractivity contribution in [3.63, 3.8) is 0 Å². The van der Waals surface area contributed by atoms with Crippen LogP contribution in [0.1, 0.15) is 22.3 Å². The molecule has 1 fully saturated rings. The van der Waals surface area contributed by atoms with Gasteiger partial charge in [0.2, 0.25) is 15.9 Å². The molecule has 0 saturated carbocycles. The van der Waals surface area contributed by atoms with Crippen LogP contribution >= 0.6 is 0 Å². The molecule has 0 aliphatic carbocycles. The van der Waals surface area contributed by atoms with Crippen molar-refractivity contribution in [2.45, 2.75) is 26.9 Å². The Kier molecular flexibility index (Phi) is 7.69. The molecule has 1 saturated heterocycles. The lowest BCUT2D eigenvalue weighted by Gasteiger charge is -2.26. The fourth-order valence-electron chi connectivity index (χ4n) is 3.73. The molecule has 0 atom stereocenters. The first kappa shape index (κ1) is 23.2. The van der Waals surface area contributed by atoms with Gasteiger partial charge in [0.05, 0.1) is 25.2 Å². The summed E-state index contributed by atoms with van der Waals surface area (Å²) in [5, 5.41) is 2.84. The van der Waals surface area contributed by atoms with Crippen LogP contribution < -0.4 is 9.62 Å². The highest BCUT2D eigenvalue weighted by molar-refractivity contribution is 7.92. The SMILES string of the molecule is Cc1cccc(C)c1N(CC(=O)NCc1ccc(CN2CCOCC2)cc1)S(C)(=O)=O. The molecule has 2 aromatic carbocycles. The van der Waals surface area contributed by atoms with Gasteiger partial charge in [-0.1, -0.05) is 42.5 Å². The van der Waals surface area contributed by atoms with E-state index in [4.69, 9.17) is 4.74 Å². The first-order valence-electron chi connectivity index (χ1n) is 10.4. The number of aryl methyl sites for hydroxylation is 2. The lowest BCUT2D eigenvalue weighted by molar-refractivity contribution is -0.119. The molecule has 168 valence electrons. The average molecular weight is 446 g/mol. The molecule has 0 aromatic heterocycles. The second-order valence-corrected chi connectivity index (χ2v) is 9.90. The first-order chi connectivity index (χ1) is 14.7. The summed E-state index contributed by atoms with van der Waals surface area (Å²) >= 11 is 0. The van der Waals surface area contributed by atoms with Gasteiger partial charge in [-0.05, 0) is 36.1 Å². The maximum absolute atomic E-state index is 12.6. The molecule has 1 amide bonds. The van der Waals surface area contributed by atoms with E-state index < -0.39 is 10.0 Å². The predicted molar refractivity (Wildman–Crippen MR) is 122 cm³/mol. The number of hydrogen-bond donors (Lipinski definition) is 1. The van der Waals surface area contributed by atoms with E-state index in [9.17, 15) is 13.2 Å². The number of nitrogens with zero attached hydrogens (tertiary/aromatic N) is 2. The van der Waals surface area contributed by atoms with Gasteiger partial charge in [0.25, 0.3) is 0 Å². The molecule has 1 heterocycles. The highest BCUT2D eigenvalue weighted by atomic mass is 32.2. The van der Waals surface area contributed by atoms with E-state index in [2.05, 4.69) is 22.3 Å². The van der Waals surface area contributed by atoms with Gasteiger partial charge >= 0.3 is 0 Å². The minimum atomic E-state index is -3.60. The van der Waals surface area contributed by atoms with Crippen molar-refractivity contribution in [1.82, 2.24) is 10.2 Å². The molecule has 31 heavy (non-hydrogen) atoms. The van der Waals surface area contributed by atoms with Gasteiger partial charge in [0.15, 0.2) is 0 Å². The Labute approximate surface area is 185 Å². The lowest BCUT2D eigenvalue weighted by atomic mass is 10.1. The molecule has 1 aliphatic heterocycles. The highest BCUT2D eigenvalue weighted by Crippen LogP contribution is 2.26. The van der Waals surface area contributed by atoms with Gasteiger partial charge in [-0.3, -0.25) is 14.0 Å². The Balaban J connectivity index is 1.59. The Hall–Kier alpha value is -2.42. The summed E-state index contributed by atoms with van der Waals surface area (Å²) in [7, 11) is -3.60. The second kappa shape index (κ2) is 10.3. The normalized spacial score (nSPS) is 14.9. The van der Waals surface area contributed by atoms with Crippen molar-refractivity contribution >= 4 is 21.6 Å². The minimum absolute atomic E-state index is 0.250. The number of nitrogens with one attached hydrogen (secondary N) is 1. The third-order valence-corrected chi connectivity index (χ3v) is 6.51. The summed E-state index contributed by atoms with van der Waals surface area (Å²) in [5.41, 5.74) is 4.38. The number of sulfonamides is 1. The second-order valence-electron chi connectivity index (χ2n) is 7.99. The van der Waals surface area contributed by atoms with Crippen molar-refractivity contribution in [3.8, 4) is 0 Å².